The van der Waals surface area contributed by atoms with E-state index >= 15 is 0 Å². The maximum Gasteiger partial charge on any atom is 0.253 e. The minimum absolute atomic E-state index is 0.166. The molecule has 0 aliphatic carbocycles. The number of pyridine rings is 1. The minimum atomic E-state index is -0.166. The fourth-order valence-corrected chi connectivity index (χ4v) is 1.58. The molecule has 1 aromatic rings. The molecule has 7 heteroatoms. The largest absolute Gasteiger partial charge is 0.382 e. The molecule has 0 aromatic carbocycles. The molecule has 0 aliphatic heterocycles. The highest BCUT2D eigenvalue weighted by Gasteiger charge is 2.09. The number of nitrogen functional groups attached to an aromatic ring is 1. The summed E-state index contributed by atoms with van der Waals surface area (Å²) in [5.74, 6) is 5.16. The highest BCUT2D eigenvalue weighted by molar-refractivity contribution is 5.99. The first-order chi connectivity index (χ1) is 9.79. The van der Waals surface area contributed by atoms with E-state index in [2.05, 4.69) is 15.7 Å². The summed E-state index contributed by atoms with van der Waals surface area (Å²) in [6.45, 7) is 2.47. The van der Waals surface area contributed by atoms with E-state index in [0.29, 0.717) is 37.6 Å². The van der Waals surface area contributed by atoms with Crippen LogP contribution in [0.25, 0.3) is 0 Å². The lowest BCUT2D eigenvalue weighted by Crippen LogP contribution is -2.26. The van der Waals surface area contributed by atoms with Crippen LogP contribution in [0.3, 0.4) is 0 Å². The summed E-state index contributed by atoms with van der Waals surface area (Å²) in [7, 11) is 1.64. The number of rotatable bonds is 10. The smallest absolute Gasteiger partial charge is 0.253 e. The van der Waals surface area contributed by atoms with E-state index in [1.54, 1.807) is 19.4 Å². The van der Waals surface area contributed by atoms with Gasteiger partial charge in [0, 0.05) is 26.5 Å². The molecule has 112 valence electrons. The van der Waals surface area contributed by atoms with Crippen LogP contribution in [0.15, 0.2) is 18.5 Å². The standard InChI is InChI=1S/C13H22N4O3/c1-19-8-9-20-7-3-2-5-16-13(18)11-4-6-15-10-12(11)17-14/h4,6,10,17H,2-3,5,7-9,14H2,1H3,(H,16,18). The molecule has 0 radical (unpaired) electrons. The average molecular weight is 282 g/mol. The maximum atomic E-state index is 11.9. The summed E-state index contributed by atoms with van der Waals surface area (Å²) in [5.41, 5.74) is 3.44. The van der Waals surface area contributed by atoms with Crippen molar-refractivity contribution in [2.75, 3.05) is 38.9 Å². The number of carbonyl (C=O) groups is 1. The number of carbonyl (C=O) groups excluding carboxylic acids is 1. The summed E-state index contributed by atoms with van der Waals surface area (Å²) >= 11 is 0. The summed E-state index contributed by atoms with van der Waals surface area (Å²) < 4.78 is 10.2. The Bertz CT molecular complexity index is 401. The molecule has 0 aliphatic rings. The Morgan fingerprint density at radius 3 is 2.95 bits per heavy atom. The fourth-order valence-electron chi connectivity index (χ4n) is 1.58. The summed E-state index contributed by atoms with van der Waals surface area (Å²) in [4.78, 5) is 15.8. The lowest BCUT2D eigenvalue weighted by molar-refractivity contribution is 0.0686. The van der Waals surface area contributed by atoms with Crippen LogP contribution in [-0.4, -0.2) is 44.4 Å². The lowest BCUT2D eigenvalue weighted by Gasteiger charge is -2.09. The minimum Gasteiger partial charge on any atom is -0.382 e. The first-order valence-electron chi connectivity index (χ1n) is 6.55. The van der Waals surface area contributed by atoms with Gasteiger partial charge in [-0.25, -0.2) is 0 Å². The third-order valence-corrected chi connectivity index (χ3v) is 2.65. The zero-order valence-corrected chi connectivity index (χ0v) is 11.7. The van der Waals surface area contributed by atoms with Crippen LogP contribution in [0, 0.1) is 0 Å². The molecule has 0 bridgehead atoms. The Hall–Kier alpha value is -1.70. The van der Waals surface area contributed by atoms with Gasteiger partial charge in [0.1, 0.15) is 0 Å². The Balaban J connectivity index is 2.17. The van der Waals surface area contributed by atoms with Crippen LogP contribution in [0.4, 0.5) is 5.69 Å². The van der Waals surface area contributed by atoms with Crippen molar-refractivity contribution in [3.05, 3.63) is 24.0 Å². The number of nitrogens with two attached hydrogens (primary N) is 1. The zero-order chi connectivity index (χ0) is 14.6. The van der Waals surface area contributed by atoms with Crippen molar-refractivity contribution in [3.63, 3.8) is 0 Å². The van der Waals surface area contributed by atoms with Gasteiger partial charge in [-0.2, -0.15) is 0 Å². The third kappa shape index (κ3) is 5.96. The number of ether oxygens (including phenoxy) is 2. The van der Waals surface area contributed by atoms with Gasteiger partial charge in [0.15, 0.2) is 0 Å². The monoisotopic (exact) mass is 282 g/mol. The number of hydrogen-bond acceptors (Lipinski definition) is 6. The molecule has 4 N–H and O–H groups in total. The summed E-state index contributed by atoms with van der Waals surface area (Å²) in [6.07, 6.45) is 4.81. The SMILES string of the molecule is COCCOCCCCNC(=O)c1ccncc1NN. The second kappa shape index (κ2) is 10.1. The van der Waals surface area contributed by atoms with Crippen molar-refractivity contribution in [1.29, 1.82) is 0 Å². The van der Waals surface area contributed by atoms with E-state index in [9.17, 15) is 4.79 Å². The van der Waals surface area contributed by atoms with Crippen LogP contribution >= 0.6 is 0 Å². The number of methoxy groups -OCH3 is 1. The number of aromatic nitrogens is 1. The highest BCUT2D eigenvalue weighted by Crippen LogP contribution is 2.11. The average Bonchev–Trinajstić information content (AvgIpc) is 2.49. The van der Waals surface area contributed by atoms with Crippen molar-refractivity contribution in [2.45, 2.75) is 12.8 Å². The van der Waals surface area contributed by atoms with Gasteiger partial charge in [-0.3, -0.25) is 15.6 Å². The van der Waals surface area contributed by atoms with Crippen molar-refractivity contribution in [1.82, 2.24) is 10.3 Å². The molecule has 1 heterocycles. The van der Waals surface area contributed by atoms with Gasteiger partial charge >= 0.3 is 0 Å². The van der Waals surface area contributed by atoms with Crippen molar-refractivity contribution >= 4 is 11.6 Å². The number of anilines is 1. The lowest BCUT2D eigenvalue weighted by atomic mass is 10.2. The fraction of sp³-hybridized carbons (Fsp3) is 0.538. The van der Waals surface area contributed by atoms with Crippen molar-refractivity contribution < 1.29 is 14.3 Å². The van der Waals surface area contributed by atoms with Gasteiger partial charge in [-0.1, -0.05) is 0 Å². The summed E-state index contributed by atoms with van der Waals surface area (Å²) in [5, 5.41) is 2.83. The van der Waals surface area contributed by atoms with Crippen LogP contribution < -0.4 is 16.6 Å². The first-order valence-corrected chi connectivity index (χ1v) is 6.55. The molecule has 1 rings (SSSR count). The van der Waals surface area contributed by atoms with Gasteiger partial charge in [0.2, 0.25) is 0 Å². The van der Waals surface area contributed by atoms with Crippen LogP contribution in [0.5, 0.6) is 0 Å². The normalized spacial score (nSPS) is 10.3. The topological polar surface area (TPSA) is 98.5 Å². The molecular formula is C13H22N4O3. The van der Waals surface area contributed by atoms with Crippen molar-refractivity contribution in [3.8, 4) is 0 Å². The molecule has 7 nitrogen and oxygen atoms in total. The van der Waals surface area contributed by atoms with E-state index < -0.39 is 0 Å². The molecule has 0 spiro atoms. The highest BCUT2D eigenvalue weighted by atomic mass is 16.5. The Morgan fingerprint density at radius 2 is 2.20 bits per heavy atom. The Morgan fingerprint density at radius 1 is 1.35 bits per heavy atom. The molecule has 0 fully saturated rings. The molecule has 1 amide bonds. The third-order valence-electron chi connectivity index (χ3n) is 2.65. The molecule has 0 atom stereocenters. The number of hydrogen-bond donors (Lipinski definition) is 3. The predicted molar refractivity (Wildman–Crippen MR) is 76.3 cm³/mol. The molecular weight excluding hydrogens is 260 g/mol. The number of nitrogens with one attached hydrogen (secondary N) is 2. The van der Waals surface area contributed by atoms with Crippen LogP contribution in [-0.2, 0) is 9.47 Å². The van der Waals surface area contributed by atoms with Gasteiger partial charge in [-0.05, 0) is 18.9 Å². The second-order valence-corrected chi connectivity index (χ2v) is 4.13. The number of unbranched alkanes of at least 4 members (excludes halogenated alkanes) is 1. The first kappa shape index (κ1) is 16.4. The molecule has 1 aromatic heterocycles. The van der Waals surface area contributed by atoms with Crippen molar-refractivity contribution in [2.24, 2.45) is 5.84 Å². The van der Waals surface area contributed by atoms with E-state index in [0.717, 1.165) is 12.8 Å². The second-order valence-electron chi connectivity index (χ2n) is 4.13. The van der Waals surface area contributed by atoms with Gasteiger partial charge in [0.25, 0.3) is 5.91 Å². The predicted octanol–water partition coefficient (Wildman–Crippen LogP) is 0.540. The molecule has 0 saturated carbocycles. The molecule has 20 heavy (non-hydrogen) atoms. The Labute approximate surface area is 118 Å². The zero-order valence-electron chi connectivity index (χ0n) is 11.7. The number of amides is 1. The van der Waals surface area contributed by atoms with E-state index in [4.69, 9.17) is 15.3 Å². The number of hydrazine groups is 1. The van der Waals surface area contributed by atoms with Gasteiger partial charge in [-0.15, -0.1) is 0 Å². The molecule has 0 unspecified atom stereocenters. The quantitative estimate of drug-likeness (QED) is 0.329. The summed E-state index contributed by atoms with van der Waals surface area (Å²) in [6, 6.07) is 1.62. The van der Waals surface area contributed by atoms with Crippen LogP contribution in [0.1, 0.15) is 23.2 Å². The van der Waals surface area contributed by atoms with Crippen LogP contribution in [0.2, 0.25) is 0 Å². The maximum absolute atomic E-state index is 11.9. The number of nitrogens with zero attached hydrogens (tertiary/aromatic N) is 1. The van der Waals surface area contributed by atoms with Gasteiger partial charge in [0.05, 0.1) is 30.7 Å². The Kier molecular flexibility index (Phi) is 8.28. The molecule has 0 saturated heterocycles. The van der Waals surface area contributed by atoms with E-state index in [-0.39, 0.29) is 5.91 Å². The van der Waals surface area contributed by atoms with E-state index in [1.165, 1.54) is 6.20 Å². The van der Waals surface area contributed by atoms with Gasteiger partial charge < -0.3 is 20.2 Å². The van der Waals surface area contributed by atoms with E-state index in [1.807, 2.05) is 0 Å².